The van der Waals surface area contributed by atoms with Crippen LogP contribution in [0.5, 0.6) is 0 Å². The lowest BCUT2D eigenvalue weighted by Gasteiger charge is -2.12. The van der Waals surface area contributed by atoms with Gasteiger partial charge < -0.3 is 10.3 Å². The first-order chi connectivity index (χ1) is 8.27. The zero-order chi connectivity index (χ0) is 12.5. The fourth-order valence-electron chi connectivity index (χ4n) is 2.15. The van der Waals surface area contributed by atoms with E-state index in [-0.39, 0.29) is 0 Å². The molecule has 2 nitrogen and oxygen atoms in total. The minimum absolute atomic E-state index is 0.309. The van der Waals surface area contributed by atoms with Crippen LogP contribution in [0.4, 0.5) is 0 Å². The van der Waals surface area contributed by atoms with Gasteiger partial charge in [-0.15, -0.1) is 0 Å². The lowest BCUT2D eigenvalue weighted by Crippen LogP contribution is -2.23. The van der Waals surface area contributed by atoms with E-state index in [1.807, 2.05) is 0 Å². The molecule has 0 spiro atoms. The van der Waals surface area contributed by atoms with Crippen LogP contribution in [0, 0.1) is 0 Å². The van der Waals surface area contributed by atoms with Gasteiger partial charge in [0.25, 0.3) is 0 Å². The van der Waals surface area contributed by atoms with E-state index in [9.17, 15) is 0 Å². The van der Waals surface area contributed by atoms with Gasteiger partial charge in [-0.25, -0.2) is 0 Å². The molecule has 0 aromatic carbocycles. The molecule has 2 heteroatoms. The van der Waals surface area contributed by atoms with Crippen LogP contribution in [-0.2, 0) is 13.0 Å². The van der Waals surface area contributed by atoms with E-state index in [4.69, 9.17) is 5.73 Å². The molecular formula is C15H28N2. The predicted octanol–water partition coefficient (Wildman–Crippen LogP) is 3.74. The molecule has 0 bridgehead atoms. The van der Waals surface area contributed by atoms with E-state index in [1.54, 1.807) is 0 Å². The maximum atomic E-state index is 6.01. The van der Waals surface area contributed by atoms with Crippen LogP contribution in [0.25, 0.3) is 0 Å². The molecule has 0 aliphatic rings. The largest absolute Gasteiger partial charge is 0.351 e. The Morgan fingerprint density at radius 3 is 2.65 bits per heavy atom. The van der Waals surface area contributed by atoms with Gasteiger partial charge in [0.05, 0.1) is 0 Å². The first kappa shape index (κ1) is 14.3. The van der Waals surface area contributed by atoms with Crippen molar-refractivity contribution in [1.29, 1.82) is 0 Å². The van der Waals surface area contributed by atoms with Gasteiger partial charge in [-0.1, -0.05) is 39.5 Å². The first-order valence-corrected chi connectivity index (χ1v) is 7.17. The molecule has 0 aliphatic carbocycles. The predicted molar refractivity (Wildman–Crippen MR) is 75.2 cm³/mol. The summed E-state index contributed by atoms with van der Waals surface area (Å²) in [6.45, 7) is 5.57. The molecule has 1 heterocycles. The van der Waals surface area contributed by atoms with E-state index in [1.165, 1.54) is 37.8 Å². The molecule has 0 amide bonds. The van der Waals surface area contributed by atoms with E-state index in [2.05, 4.69) is 36.7 Å². The Morgan fingerprint density at radius 2 is 1.94 bits per heavy atom. The maximum absolute atomic E-state index is 6.01. The Morgan fingerprint density at radius 1 is 1.18 bits per heavy atom. The highest BCUT2D eigenvalue weighted by atomic mass is 15.0. The topological polar surface area (TPSA) is 30.9 Å². The molecule has 17 heavy (non-hydrogen) atoms. The second-order valence-corrected chi connectivity index (χ2v) is 4.98. The van der Waals surface area contributed by atoms with Gasteiger partial charge in [-0.2, -0.15) is 0 Å². The molecule has 1 rings (SSSR count). The summed E-state index contributed by atoms with van der Waals surface area (Å²) in [6, 6.07) is 4.66. The Hall–Kier alpha value is -0.760. The van der Waals surface area contributed by atoms with E-state index in [0.717, 1.165) is 19.4 Å². The number of unbranched alkanes of at least 4 members (excludes halogenated alkanes) is 4. The fourth-order valence-corrected chi connectivity index (χ4v) is 2.15. The summed E-state index contributed by atoms with van der Waals surface area (Å²) in [4.78, 5) is 0. The highest BCUT2D eigenvalue weighted by Gasteiger charge is 2.05. The summed E-state index contributed by atoms with van der Waals surface area (Å²) in [5.41, 5.74) is 7.41. The molecule has 0 fully saturated rings. The Balaban J connectivity index is 2.30. The zero-order valence-electron chi connectivity index (χ0n) is 11.5. The minimum atomic E-state index is 0.309. The SMILES string of the molecule is CCCCCCCn1cccc1CC(N)CC. The third kappa shape index (κ3) is 5.40. The molecule has 0 radical (unpaired) electrons. The molecule has 1 aromatic rings. The van der Waals surface area contributed by atoms with Crippen LogP contribution in [0.2, 0.25) is 0 Å². The Kier molecular flexibility index (Phi) is 7.02. The third-order valence-electron chi connectivity index (χ3n) is 3.42. The molecule has 0 aliphatic heterocycles. The fraction of sp³-hybridized carbons (Fsp3) is 0.733. The van der Waals surface area contributed by atoms with Gasteiger partial charge in [0.1, 0.15) is 0 Å². The van der Waals surface area contributed by atoms with Crippen LogP contribution in [0.15, 0.2) is 18.3 Å². The van der Waals surface area contributed by atoms with Crippen molar-refractivity contribution in [2.45, 2.75) is 71.4 Å². The van der Waals surface area contributed by atoms with E-state index in [0.29, 0.717) is 6.04 Å². The summed E-state index contributed by atoms with van der Waals surface area (Å²) < 4.78 is 2.38. The van der Waals surface area contributed by atoms with Crippen molar-refractivity contribution in [3.63, 3.8) is 0 Å². The van der Waals surface area contributed by atoms with Crippen molar-refractivity contribution >= 4 is 0 Å². The van der Waals surface area contributed by atoms with Crippen molar-refractivity contribution in [3.05, 3.63) is 24.0 Å². The normalized spacial score (nSPS) is 12.9. The number of nitrogens with two attached hydrogens (primary N) is 1. The molecule has 98 valence electrons. The van der Waals surface area contributed by atoms with Crippen LogP contribution >= 0.6 is 0 Å². The van der Waals surface area contributed by atoms with Crippen molar-refractivity contribution in [1.82, 2.24) is 4.57 Å². The average molecular weight is 236 g/mol. The van der Waals surface area contributed by atoms with Crippen LogP contribution in [0.1, 0.15) is 58.1 Å². The maximum Gasteiger partial charge on any atom is 0.0222 e. The Labute approximate surface area is 106 Å². The number of aryl methyl sites for hydroxylation is 1. The third-order valence-corrected chi connectivity index (χ3v) is 3.42. The number of aromatic nitrogens is 1. The van der Waals surface area contributed by atoms with Gasteiger partial charge in [0.2, 0.25) is 0 Å². The quantitative estimate of drug-likeness (QED) is 0.651. The second kappa shape index (κ2) is 8.35. The van der Waals surface area contributed by atoms with Crippen molar-refractivity contribution < 1.29 is 0 Å². The molecular weight excluding hydrogens is 208 g/mol. The molecule has 1 aromatic heterocycles. The lowest BCUT2D eigenvalue weighted by atomic mass is 10.1. The smallest absolute Gasteiger partial charge is 0.0222 e. The minimum Gasteiger partial charge on any atom is -0.351 e. The zero-order valence-corrected chi connectivity index (χ0v) is 11.5. The average Bonchev–Trinajstić information content (AvgIpc) is 2.76. The van der Waals surface area contributed by atoms with Crippen molar-refractivity contribution in [2.75, 3.05) is 0 Å². The van der Waals surface area contributed by atoms with Crippen LogP contribution in [-0.4, -0.2) is 10.6 Å². The lowest BCUT2D eigenvalue weighted by molar-refractivity contribution is 0.542. The monoisotopic (exact) mass is 236 g/mol. The number of rotatable bonds is 9. The second-order valence-electron chi connectivity index (χ2n) is 4.98. The highest BCUT2D eigenvalue weighted by molar-refractivity contribution is 5.08. The van der Waals surface area contributed by atoms with Gasteiger partial charge in [-0.3, -0.25) is 0 Å². The first-order valence-electron chi connectivity index (χ1n) is 7.17. The number of hydrogen-bond donors (Lipinski definition) is 1. The summed E-state index contributed by atoms with van der Waals surface area (Å²) in [5.74, 6) is 0. The van der Waals surface area contributed by atoms with Crippen molar-refractivity contribution in [2.24, 2.45) is 5.73 Å². The van der Waals surface area contributed by atoms with Crippen LogP contribution in [0.3, 0.4) is 0 Å². The molecule has 1 atom stereocenters. The molecule has 0 saturated carbocycles. The van der Waals surface area contributed by atoms with Gasteiger partial charge >= 0.3 is 0 Å². The van der Waals surface area contributed by atoms with Crippen LogP contribution < -0.4 is 5.73 Å². The summed E-state index contributed by atoms with van der Waals surface area (Å²) >= 11 is 0. The summed E-state index contributed by atoms with van der Waals surface area (Å²) in [5, 5.41) is 0. The van der Waals surface area contributed by atoms with E-state index >= 15 is 0 Å². The Bertz CT molecular complexity index is 291. The van der Waals surface area contributed by atoms with Gasteiger partial charge in [0, 0.05) is 30.9 Å². The van der Waals surface area contributed by atoms with Crippen molar-refractivity contribution in [3.8, 4) is 0 Å². The van der Waals surface area contributed by atoms with Gasteiger partial charge in [0.15, 0.2) is 0 Å². The molecule has 0 saturated heterocycles. The number of hydrogen-bond acceptors (Lipinski definition) is 1. The molecule has 2 N–H and O–H groups in total. The molecule has 1 unspecified atom stereocenters. The standard InChI is InChI=1S/C15H28N2/c1-3-5-6-7-8-11-17-12-9-10-15(17)13-14(16)4-2/h9-10,12,14H,3-8,11,13,16H2,1-2H3. The highest BCUT2D eigenvalue weighted by Crippen LogP contribution is 2.10. The number of nitrogens with zero attached hydrogens (tertiary/aromatic N) is 1. The summed E-state index contributed by atoms with van der Waals surface area (Å²) in [7, 11) is 0. The van der Waals surface area contributed by atoms with E-state index < -0.39 is 0 Å². The van der Waals surface area contributed by atoms with Gasteiger partial charge in [-0.05, 0) is 25.0 Å². The summed E-state index contributed by atoms with van der Waals surface area (Å²) in [6.07, 6.45) is 11.0.